The van der Waals surface area contributed by atoms with Crippen LogP contribution in [0.25, 0.3) is 0 Å². The van der Waals surface area contributed by atoms with Crippen molar-refractivity contribution < 1.29 is 5.11 Å². The third-order valence-corrected chi connectivity index (χ3v) is 1.89. The third-order valence-electron chi connectivity index (χ3n) is 1.89. The molecular weight excluding hydrogens is 192 g/mol. The first kappa shape index (κ1) is 11.7. The van der Waals surface area contributed by atoms with Gasteiger partial charge in [0.05, 0.1) is 18.0 Å². The van der Waals surface area contributed by atoms with Crippen LogP contribution in [0.15, 0.2) is 12.4 Å². The van der Waals surface area contributed by atoms with Crippen molar-refractivity contribution in [2.24, 2.45) is 0 Å². The van der Waals surface area contributed by atoms with E-state index in [4.69, 9.17) is 0 Å². The molecule has 15 heavy (non-hydrogen) atoms. The lowest BCUT2D eigenvalue weighted by Gasteiger charge is -2.26. The fraction of sp³-hybridized carbons (Fsp3) is 0.600. The minimum Gasteiger partial charge on any atom is -0.389 e. The Labute approximate surface area is 90.2 Å². The molecule has 5 nitrogen and oxygen atoms in total. The Morgan fingerprint density at radius 3 is 2.67 bits per heavy atom. The van der Waals surface area contributed by atoms with Gasteiger partial charge >= 0.3 is 0 Å². The van der Waals surface area contributed by atoms with Crippen LogP contribution in [0.2, 0.25) is 0 Å². The Bertz CT molecular complexity index is 321. The van der Waals surface area contributed by atoms with Gasteiger partial charge in [-0.1, -0.05) is 0 Å². The van der Waals surface area contributed by atoms with Crippen LogP contribution in [-0.2, 0) is 0 Å². The third kappa shape index (κ3) is 3.71. The molecule has 84 valence electrons. The number of hydrogen-bond donors (Lipinski definition) is 2. The lowest BCUT2D eigenvalue weighted by Crippen LogP contribution is -2.36. The Kier molecular flexibility index (Phi) is 3.47. The van der Waals surface area contributed by atoms with Gasteiger partial charge in [0.2, 0.25) is 0 Å². The van der Waals surface area contributed by atoms with Crippen LogP contribution in [-0.4, -0.2) is 41.3 Å². The Balaban J connectivity index is 2.77. The summed E-state index contributed by atoms with van der Waals surface area (Å²) in [5.74, 6) is 1.46. The Morgan fingerprint density at radius 2 is 2.13 bits per heavy atom. The molecule has 0 unspecified atom stereocenters. The molecule has 0 amide bonds. The highest BCUT2D eigenvalue weighted by atomic mass is 16.3. The monoisotopic (exact) mass is 210 g/mol. The molecule has 0 spiro atoms. The number of nitrogens with one attached hydrogen (secondary N) is 1. The molecule has 5 heteroatoms. The molecule has 0 aromatic carbocycles. The molecule has 0 saturated carbocycles. The Morgan fingerprint density at radius 1 is 1.47 bits per heavy atom. The maximum Gasteiger partial charge on any atom is 0.149 e. The van der Waals surface area contributed by atoms with Crippen molar-refractivity contribution in [2.45, 2.75) is 19.4 Å². The van der Waals surface area contributed by atoms with E-state index in [2.05, 4.69) is 15.3 Å². The molecule has 0 radical (unpaired) electrons. The summed E-state index contributed by atoms with van der Waals surface area (Å²) in [5, 5.41) is 12.6. The molecule has 1 heterocycles. The van der Waals surface area contributed by atoms with Gasteiger partial charge in [-0.05, 0) is 13.8 Å². The van der Waals surface area contributed by atoms with Crippen molar-refractivity contribution in [3.63, 3.8) is 0 Å². The minimum atomic E-state index is -0.744. The number of anilines is 2. The maximum atomic E-state index is 9.67. The van der Waals surface area contributed by atoms with Gasteiger partial charge in [-0.25, -0.2) is 4.98 Å². The summed E-state index contributed by atoms with van der Waals surface area (Å²) in [6, 6.07) is 0. The second kappa shape index (κ2) is 4.44. The predicted octanol–water partition coefficient (Wildman–Crippen LogP) is 0.725. The molecule has 1 rings (SSSR count). The van der Waals surface area contributed by atoms with Gasteiger partial charge in [-0.2, -0.15) is 0 Å². The first-order valence-corrected chi connectivity index (χ1v) is 4.86. The summed E-state index contributed by atoms with van der Waals surface area (Å²) in [5.41, 5.74) is -0.744. The average Bonchev–Trinajstić information content (AvgIpc) is 2.15. The topological polar surface area (TPSA) is 61.3 Å². The quantitative estimate of drug-likeness (QED) is 0.767. The number of nitrogens with zero attached hydrogens (tertiary/aromatic N) is 3. The lowest BCUT2D eigenvalue weighted by molar-refractivity contribution is 0.0884. The number of rotatable bonds is 4. The van der Waals surface area contributed by atoms with E-state index < -0.39 is 5.60 Å². The Hall–Kier alpha value is -1.36. The van der Waals surface area contributed by atoms with Crippen LogP contribution >= 0.6 is 0 Å². The first-order valence-electron chi connectivity index (χ1n) is 4.86. The standard InChI is InChI=1S/C10H18N4O/c1-10(2,15)7-14(4)9-6-12-5-8(11-3)13-9/h5-6,15H,7H2,1-4H3,(H,11,13). The molecular formula is C10H18N4O. The van der Waals surface area contributed by atoms with Crippen LogP contribution in [0.4, 0.5) is 11.6 Å². The molecule has 0 aliphatic carbocycles. The smallest absolute Gasteiger partial charge is 0.149 e. The average molecular weight is 210 g/mol. The van der Waals surface area contributed by atoms with E-state index in [1.165, 1.54) is 0 Å². The summed E-state index contributed by atoms with van der Waals surface area (Å²) in [7, 11) is 3.67. The molecule has 2 N–H and O–H groups in total. The zero-order chi connectivity index (χ0) is 11.5. The largest absolute Gasteiger partial charge is 0.389 e. The second-order valence-electron chi connectivity index (χ2n) is 4.18. The van der Waals surface area contributed by atoms with Gasteiger partial charge in [-0.3, -0.25) is 4.98 Å². The highest BCUT2D eigenvalue weighted by molar-refractivity contribution is 5.42. The van der Waals surface area contributed by atoms with Crippen molar-refractivity contribution in [3.8, 4) is 0 Å². The van der Waals surface area contributed by atoms with E-state index in [0.29, 0.717) is 6.54 Å². The second-order valence-corrected chi connectivity index (χ2v) is 4.18. The molecule has 0 fully saturated rings. The van der Waals surface area contributed by atoms with Crippen LogP contribution < -0.4 is 10.2 Å². The van der Waals surface area contributed by atoms with Crippen LogP contribution in [0.1, 0.15) is 13.8 Å². The zero-order valence-electron chi connectivity index (χ0n) is 9.65. The highest BCUT2D eigenvalue weighted by Crippen LogP contribution is 2.13. The van der Waals surface area contributed by atoms with Crippen molar-refractivity contribution in [2.75, 3.05) is 30.9 Å². The summed E-state index contributed by atoms with van der Waals surface area (Å²) in [4.78, 5) is 10.2. The normalized spacial score (nSPS) is 11.3. The highest BCUT2D eigenvalue weighted by Gasteiger charge is 2.16. The molecule has 0 aliphatic heterocycles. The summed E-state index contributed by atoms with van der Waals surface area (Å²) in [6.45, 7) is 4.03. The van der Waals surface area contributed by atoms with Gasteiger partial charge in [-0.15, -0.1) is 0 Å². The van der Waals surface area contributed by atoms with E-state index in [0.717, 1.165) is 11.6 Å². The van der Waals surface area contributed by atoms with Crippen molar-refractivity contribution in [1.82, 2.24) is 9.97 Å². The minimum absolute atomic E-state index is 0.509. The van der Waals surface area contributed by atoms with E-state index in [1.54, 1.807) is 33.3 Å². The van der Waals surface area contributed by atoms with Crippen LogP contribution in [0.3, 0.4) is 0 Å². The van der Waals surface area contributed by atoms with Gasteiger partial charge in [0, 0.05) is 20.6 Å². The fourth-order valence-electron chi connectivity index (χ4n) is 1.32. The molecule has 0 saturated heterocycles. The first-order chi connectivity index (χ1) is 6.92. The fourth-order valence-corrected chi connectivity index (χ4v) is 1.32. The zero-order valence-corrected chi connectivity index (χ0v) is 9.65. The summed E-state index contributed by atoms with van der Waals surface area (Å²) >= 11 is 0. The van der Waals surface area contributed by atoms with Crippen LogP contribution in [0.5, 0.6) is 0 Å². The molecule has 1 aromatic heterocycles. The van der Waals surface area contributed by atoms with E-state index in [1.807, 2.05) is 11.9 Å². The number of aromatic nitrogens is 2. The van der Waals surface area contributed by atoms with E-state index >= 15 is 0 Å². The maximum absolute atomic E-state index is 9.67. The number of aliphatic hydroxyl groups is 1. The molecule has 0 aliphatic rings. The van der Waals surface area contributed by atoms with E-state index in [9.17, 15) is 5.11 Å². The van der Waals surface area contributed by atoms with E-state index in [-0.39, 0.29) is 0 Å². The number of likely N-dealkylation sites (N-methyl/N-ethyl adjacent to an activating group) is 1. The summed E-state index contributed by atoms with van der Waals surface area (Å²) in [6.07, 6.45) is 3.33. The van der Waals surface area contributed by atoms with Gasteiger partial charge < -0.3 is 15.3 Å². The van der Waals surface area contributed by atoms with Crippen LogP contribution in [0, 0.1) is 0 Å². The van der Waals surface area contributed by atoms with Crippen molar-refractivity contribution in [3.05, 3.63) is 12.4 Å². The van der Waals surface area contributed by atoms with Gasteiger partial charge in [0.1, 0.15) is 11.6 Å². The number of hydrogen-bond acceptors (Lipinski definition) is 5. The molecule has 0 bridgehead atoms. The predicted molar refractivity (Wildman–Crippen MR) is 61.1 cm³/mol. The van der Waals surface area contributed by atoms with Gasteiger partial charge in [0.25, 0.3) is 0 Å². The van der Waals surface area contributed by atoms with Crippen molar-refractivity contribution in [1.29, 1.82) is 0 Å². The molecule has 0 atom stereocenters. The summed E-state index contributed by atoms with van der Waals surface area (Å²) < 4.78 is 0. The lowest BCUT2D eigenvalue weighted by atomic mass is 10.1. The SMILES string of the molecule is CNc1cncc(N(C)CC(C)(C)O)n1. The molecule has 1 aromatic rings. The van der Waals surface area contributed by atoms with Crippen molar-refractivity contribution >= 4 is 11.6 Å². The van der Waals surface area contributed by atoms with Gasteiger partial charge in [0.15, 0.2) is 0 Å².